The Kier molecular flexibility index (Phi) is 5.53. The largest absolute Gasteiger partial charge is 0.443 e. The molecule has 8 heteroatoms. The van der Waals surface area contributed by atoms with Gasteiger partial charge in [-0.15, -0.1) is 0 Å². The highest BCUT2D eigenvalue weighted by Crippen LogP contribution is 2.48. The normalized spacial score (nSPS) is 17.9. The molecule has 6 nitrogen and oxygen atoms in total. The second kappa shape index (κ2) is 8.29. The number of nitrogens with zero attached hydrogens (tertiary/aromatic N) is 2. The minimum atomic E-state index is -0.714. The van der Waals surface area contributed by atoms with E-state index in [-0.39, 0.29) is 6.54 Å². The summed E-state index contributed by atoms with van der Waals surface area (Å²) in [5, 5.41) is 5.38. The molecule has 0 radical (unpaired) electrons. The highest BCUT2D eigenvalue weighted by Gasteiger charge is 2.42. The first-order valence-corrected chi connectivity index (χ1v) is 11.8. The summed E-state index contributed by atoms with van der Waals surface area (Å²) in [5.74, 6) is -0.880. The lowest BCUT2D eigenvalue weighted by atomic mass is 9.78. The smallest absolute Gasteiger partial charge is 0.417 e. The summed E-state index contributed by atoms with van der Waals surface area (Å²) in [7, 11) is 0. The zero-order valence-electron chi connectivity index (χ0n) is 19.0. The van der Waals surface area contributed by atoms with Gasteiger partial charge in [0, 0.05) is 51.8 Å². The van der Waals surface area contributed by atoms with Gasteiger partial charge in [-0.25, -0.2) is 9.69 Å². The third kappa shape index (κ3) is 3.91. The number of aromatic nitrogens is 1. The van der Waals surface area contributed by atoms with Crippen molar-refractivity contribution in [2.45, 2.75) is 38.7 Å². The fraction of sp³-hybridized carbons (Fsp3) is 0.269. The van der Waals surface area contributed by atoms with Gasteiger partial charge in [-0.1, -0.05) is 35.3 Å². The number of halogens is 2. The average molecular weight is 496 g/mol. The summed E-state index contributed by atoms with van der Waals surface area (Å²) >= 11 is 12.8. The van der Waals surface area contributed by atoms with Crippen LogP contribution in [-0.2, 0) is 9.53 Å². The van der Waals surface area contributed by atoms with Crippen LogP contribution < -0.4 is 5.32 Å². The standard InChI is InChI=1S/C26H23Cl2N3O3/c1-26(2,3)34-25(33)31-12-10-20-22(24(31)32)21(15-7-6-14(27)13-18(15)28)17-8-9-19-16(23(17)30-20)5-4-11-29-19/h4-9,11,13,21,30H,10,12H2,1-3H3. The number of carbonyl (C=O) groups excluding carboxylic acids is 2. The van der Waals surface area contributed by atoms with Gasteiger partial charge in [0.05, 0.1) is 11.2 Å². The number of imide groups is 1. The molecular weight excluding hydrogens is 473 g/mol. The van der Waals surface area contributed by atoms with Crippen LogP contribution in [-0.4, -0.2) is 34.0 Å². The molecule has 2 aromatic carbocycles. The quantitative estimate of drug-likeness (QED) is 0.415. The second-order valence-electron chi connectivity index (χ2n) is 9.40. The second-order valence-corrected chi connectivity index (χ2v) is 10.2. The van der Waals surface area contributed by atoms with Gasteiger partial charge < -0.3 is 10.1 Å². The Morgan fingerprint density at radius 3 is 2.65 bits per heavy atom. The molecule has 3 heterocycles. The Bertz CT molecular complexity index is 1380. The minimum absolute atomic E-state index is 0.221. The molecule has 1 aromatic heterocycles. The lowest BCUT2D eigenvalue weighted by Gasteiger charge is -2.38. The number of ether oxygens (including phenoxy) is 1. The van der Waals surface area contributed by atoms with E-state index in [1.54, 1.807) is 39.1 Å². The summed E-state index contributed by atoms with van der Waals surface area (Å²) in [6, 6.07) is 13.0. The predicted molar refractivity (Wildman–Crippen MR) is 133 cm³/mol. The number of amides is 2. The molecule has 2 aliphatic heterocycles. The average Bonchev–Trinajstić information content (AvgIpc) is 2.77. The zero-order chi connectivity index (χ0) is 24.2. The van der Waals surface area contributed by atoms with Crippen molar-refractivity contribution in [3.05, 3.63) is 81.1 Å². The molecular formula is C26H23Cl2N3O3. The van der Waals surface area contributed by atoms with E-state index in [4.69, 9.17) is 27.9 Å². The summed E-state index contributed by atoms with van der Waals surface area (Å²) in [4.78, 5) is 32.3. The van der Waals surface area contributed by atoms with Gasteiger partial charge in [0.15, 0.2) is 0 Å². The first-order chi connectivity index (χ1) is 16.1. The molecule has 34 heavy (non-hydrogen) atoms. The molecule has 0 fully saturated rings. The molecule has 0 aliphatic carbocycles. The van der Waals surface area contributed by atoms with Crippen LogP contribution >= 0.6 is 23.2 Å². The van der Waals surface area contributed by atoms with Crippen molar-refractivity contribution in [3.8, 4) is 0 Å². The van der Waals surface area contributed by atoms with E-state index in [2.05, 4.69) is 10.3 Å². The molecule has 3 aromatic rings. The van der Waals surface area contributed by atoms with Crippen LogP contribution in [0.1, 0.15) is 44.2 Å². The van der Waals surface area contributed by atoms with E-state index >= 15 is 0 Å². The monoisotopic (exact) mass is 495 g/mol. The third-order valence-electron chi connectivity index (χ3n) is 5.97. The van der Waals surface area contributed by atoms with Gasteiger partial charge in [-0.2, -0.15) is 0 Å². The van der Waals surface area contributed by atoms with Crippen molar-refractivity contribution in [2.24, 2.45) is 0 Å². The van der Waals surface area contributed by atoms with Gasteiger partial charge in [-0.05, 0) is 62.2 Å². The first kappa shape index (κ1) is 22.7. The predicted octanol–water partition coefficient (Wildman–Crippen LogP) is 6.52. The Morgan fingerprint density at radius 1 is 1.15 bits per heavy atom. The van der Waals surface area contributed by atoms with Gasteiger partial charge in [0.2, 0.25) is 0 Å². The van der Waals surface area contributed by atoms with Crippen molar-refractivity contribution < 1.29 is 14.3 Å². The molecule has 1 atom stereocenters. The summed E-state index contributed by atoms with van der Waals surface area (Å²) < 4.78 is 5.51. The molecule has 1 N–H and O–H groups in total. The number of nitrogens with one attached hydrogen (secondary N) is 1. The first-order valence-electron chi connectivity index (χ1n) is 11.0. The van der Waals surface area contributed by atoms with E-state index in [1.165, 1.54) is 4.90 Å². The van der Waals surface area contributed by atoms with Crippen molar-refractivity contribution in [2.75, 3.05) is 11.9 Å². The molecule has 0 bridgehead atoms. The van der Waals surface area contributed by atoms with E-state index in [9.17, 15) is 9.59 Å². The van der Waals surface area contributed by atoms with E-state index < -0.39 is 23.5 Å². The van der Waals surface area contributed by atoms with E-state index in [0.29, 0.717) is 22.0 Å². The van der Waals surface area contributed by atoms with E-state index in [0.717, 1.165) is 33.4 Å². The molecule has 2 amide bonds. The number of rotatable bonds is 1. The van der Waals surface area contributed by atoms with Gasteiger partial charge in [0.25, 0.3) is 5.91 Å². The lowest BCUT2D eigenvalue weighted by molar-refractivity contribution is -0.127. The molecule has 5 rings (SSSR count). The maximum Gasteiger partial charge on any atom is 0.417 e. The minimum Gasteiger partial charge on any atom is -0.443 e. The van der Waals surface area contributed by atoms with Crippen molar-refractivity contribution >= 4 is 51.8 Å². The Hall–Kier alpha value is -3.09. The van der Waals surface area contributed by atoms with E-state index in [1.807, 2.05) is 30.3 Å². The van der Waals surface area contributed by atoms with Crippen LogP contribution in [0.2, 0.25) is 10.0 Å². The molecule has 0 spiro atoms. The third-order valence-corrected chi connectivity index (χ3v) is 6.53. The van der Waals surface area contributed by atoms with Crippen LogP contribution in [0, 0.1) is 0 Å². The van der Waals surface area contributed by atoms with Crippen molar-refractivity contribution in [1.29, 1.82) is 0 Å². The number of carbonyl (C=O) groups is 2. The number of pyridine rings is 1. The van der Waals surface area contributed by atoms with Crippen molar-refractivity contribution in [3.63, 3.8) is 0 Å². The van der Waals surface area contributed by atoms with Crippen LogP contribution in [0.15, 0.2) is 59.9 Å². The SMILES string of the molecule is CC(C)(C)OC(=O)N1CCC2=C(C1=O)C(c1ccc(Cl)cc1Cl)c1ccc3ncccc3c1N2. The maximum absolute atomic E-state index is 13.8. The summed E-state index contributed by atoms with van der Waals surface area (Å²) in [6.45, 7) is 5.55. The van der Waals surface area contributed by atoms with Crippen LogP contribution in [0.3, 0.4) is 0 Å². The Balaban J connectivity index is 1.69. The van der Waals surface area contributed by atoms with Gasteiger partial charge in [0.1, 0.15) is 5.60 Å². The highest BCUT2D eigenvalue weighted by atomic mass is 35.5. The lowest BCUT2D eigenvalue weighted by Crippen LogP contribution is -2.47. The molecule has 1 unspecified atom stereocenters. The number of benzene rings is 2. The molecule has 2 aliphatic rings. The summed E-state index contributed by atoms with van der Waals surface area (Å²) in [5.41, 5.74) is 3.89. The van der Waals surface area contributed by atoms with Crippen LogP contribution in [0.25, 0.3) is 10.9 Å². The number of fused-ring (bicyclic) bond motifs is 3. The fourth-order valence-corrected chi connectivity index (χ4v) is 5.09. The van der Waals surface area contributed by atoms with Gasteiger partial charge in [-0.3, -0.25) is 9.78 Å². The van der Waals surface area contributed by atoms with Crippen LogP contribution in [0.5, 0.6) is 0 Å². The molecule has 0 saturated heterocycles. The number of anilines is 1. The Morgan fingerprint density at radius 2 is 1.91 bits per heavy atom. The summed E-state index contributed by atoms with van der Waals surface area (Å²) in [6.07, 6.45) is 1.56. The highest BCUT2D eigenvalue weighted by molar-refractivity contribution is 6.35. The number of hydrogen-bond acceptors (Lipinski definition) is 5. The Labute approximate surface area is 207 Å². The molecule has 0 saturated carbocycles. The topological polar surface area (TPSA) is 71.5 Å². The number of hydrogen-bond donors (Lipinski definition) is 1. The molecule has 174 valence electrons. The van der Waals surface area contributed by atoms with Gasteiger partial charge >= 0.3 is 6.09 Å². The van der Waals surface area contributed by atoms with Crippen molar-refractivity contribution in [1.82, 2.24) is 9.88 Å². The fourth-order valence-electron chi connectivity index (χ4n) is 4.57. The van der Waals surface area contributed by atoms with Crippen LogP contribution in [0.4, 0.5) is 10.5 Å². The maximum atomic E-state index is 13.8. The zero-order valence-corrected chi connectivity index (χ0v) is 20.5.